The molecule has 3 rings (SSSR count). The van der Waals surface area contributed by atoms with Crippen LogP contribution in [0.25, 0.3) is 0 Å². The second-order valence-electron chi connectivity index (χ2n) is 4.84. The van der Waals surface area contributed by atoms with E-state index in [1.807, 2.05) is 18.2 Å². The van der Waals surface area contributed by atoms with Crippen LogP contribution in [0.5, 0.6) is 0 Å². The highest BCUT2D eigenvalue weighted by molar-refractivity contribution is 9.10. The van der Waals surface area contributed by atoms with Crippen LogP contribution in [0.4, 0.5) is 11.4 Å². The molecule has 0 radical (unpaired) electrons. The van der Waals surface area contributed by atoms with Crippen molar-refractivity contribution in [2.75, 3.05) is 11.9 Å². The van der Waals surface area contributed by atoms with Crippen molar-refractivity contribution in [2.45, 2.75) is 0 Å². The van der Waals surface area contributed by atoms with Crippen LogP contribution in [-0.2, 0) is 4.79 Å². The first-order chi connectivity index (χ1) is 10.5. The average Bonchev–Trinajstić information content (AvgIpc) is 2.72. The first-order valence-electron chi connectivity index (χ1n) is 6.47. The smallest absolute Gasteiger partial charge is 0.335 e. The number of rotatable bonds is 2. The predicted molar refractivity (Wildman–Crippen MR) is 87.2 cm³/mol. The third-order valence-electron chi connectivity index (χ3n) is 3.42. The van der Waals surface area contributed by atoms with Crippen molar-refractivity contribution in [2.24, 2.45) is 4.99 Å². The van der Waals surface area contributed by atoms with E-state index in [0.29, 0.717) is 11.4 Å². The number of halogens is 1. The minimum absolute atomic E-state index is 0.134. The van der Waals surface area contributed by atoms with Crippen molar-refractivity contribution < 1.29 is 14.7 Å². The Morgan fingerprint density at radius 3 is 2.73 bits per heavy atom. The van der Waals surface area contributed by atoms with Gasteiger partial charge in [-0.25, -0.2) is 9.79 Å². The molecule has 0 bridgehead atoms. The maximum absolute atomic E-state index is 12.4. The molecule has 2 aromatic rings. The number of amides is 1. The number of carboxylic acid groups (broad SMARTS) is 1. The van der Waals surface area contributed by atoms with E-state index in [-0.39, 0.29) is 11.5 Å². The summed E-state index contributed by atoms with van der Waals surface area (Å²) >= 11 is 3.39. The summed E-state index contributed by atoms with van der Waals surface area (Å²) in [6, 6.07) is 11.7. The summed E-state index contributed by atoms with van der Waals surface area (Å²) in [5.74, 6) is -1.24. The first-order valence-corrected chi connectivity index (χ1v) is 7.26. The van der Waals surface area contributed by atoms with Crippen molar-refractivity contribution in [1.29, 1.82) is 0 Å². The lowest BCUT2D eigenvalue weighted by atomic mass is 10.1. The molecule has 1 heterocycles. The van der Waals surface area contributed by atoms with Crippen molar-refractivity contribution in [3.05, 3.63) is 58.1 Å². The Balaban J connectivity index is 2.12. The number of aromatic carboxylic acids is 1. The Morgan fingerprint density at radius 1 is 1.23 bits per heavy atom. The van der Waals surface area contributed by atoms with Crippen LogP contribution >= 0.6 is 15.9 Å². The number of likely N-dealkylation sites (N-methyl/N-ethyl adjacent to an activating group) is 1. The van der Waals surface area contributed by atoms with E-state index < -0.39 is 5.97 Å². The van der Waals surface area contributed by atoms with Crippen LogP contribution in [0.3, 0.4) is 0 Å². The minimum atomic E-state index is -1.03. The molecule has 2 aromatic carbocycles. The number of benzene rings is 2. The van der Waals surface area contributed by atoms with Gasteiger partial charge in [0.15, 0.2) is 0 Å². The SMILES string of the molecule is CN1C(=O)C(=Nc2cccc(C(=O)O)c2)c2cc(Br)ccc21. The van der Waals surface area contributed by atoms with E-state index >= 15 is 0 Å². The third-order valence-corrected chi connectivity index (χ3v) is 3.91. The van der Waals surface area contributed by atoms with Crippen molar-refractivity contribution in [3.8, 4) is 0 Å². The molecule has 0 unspecified atom stereocenters. The molecule has 0 atom stereocenters. The molecule has 6 heteroatoms. The van der Waals surface area contributed by atoms with E-state index in [9.17, 15) is 9.59 Å². The molecule has 5 nitrogen and oxygen atoms in total. The van der Waals surface area contributed by atoms with Crippen LogP contribution in [0, 0.1) is 0 Å². The molecule has 1 amide bonds. The van der Waals surface area contributed by atoms with Gasteiger partial charge in [-0.3, -0.25) is 4.79 Å². The maximum atomic E-state index is 12.4. The van der Waals surface area contributed by atoms with Gasteiger partial charge in [-0.15, -0.1) is 0 Å². The van der Waals surface area contributed by atoms with Gasteiger partial charge in [0.05, 0.1) is 16.9 Å². The molecule has 1 N–H and O–H groups in total. The lowest BCUT2D eigenvalue weighted by Gasteiger charge is -2.08. The topological polar surface area (TPSA) is 70.0 Å². The second kappa shape index (κ2) is 5.38. The van der Waals surface area contributed by atoms with Crippen molar-refractivity contribution >= 4 is 44.9 Å². The van der Waals surface area contributed by atoms with E-state index in [2.05, 4.69) is 20.9 Å². The highest BCUT2D eigenvalue weighted by Crippen LogP contribution is 2.32. The van der Waals surface area contributed by atoms with Crippen molar-refractivity contribution in [1.82, 2.24) is 0 Å². The number of nitrogens with zero attached hydrogens (tertiary/aromatic N) is 2. The van der Waals surface area contributed by atoms with Gasteiger partial charge in [0, 0.05) is 17.1 Å². The maximum Gasteiger partial charge on any atom is 0.335 e. The molecule has 0 saturated carbocycles. The number of fused-ring (bicyclic) bond motifs is 1. The molecule has 22 heavy (non-hydrogen) atoms. The number of hydrogen-bond donors (Lipinski definition) is 1. The number of carbonyl (C=O) groups excluding carboxylic acids is 1. The van der Waals surface area contributed by atoms with Crippen LogP contribution in [-0.4, -0.2) is 29.7 Å². The molecular weight excluding hydrogens is 348 g/mol. The monoisotopic (exact) mass is 358 g/mol. The fraction of sp³-hybridized carbons (Fsp3) is 0.0625. The Kier molecular flexibility index (Phi) is 3.54. The Morgan fingerprint density at radius 2 is 2.00 bits per heavy atom. The van der Waals surface area contributed by atoms with E-state index in [1.165, 1.54) is 17.0 Å². The average molecular weight is 359 g/mol. The lowest BCUT2D eigenvalue weighted by Crippen LogP contribution is -2.25. The first kappa shape index (κ1) is 14.5. The third kappa shape index (κ3) is 2.42. The highest BCUT2D eigenvalue weighted by Gasteiger charge is 2.31. The molecule has 0 fully saturated rings. The van der Waals surface area contributed by atoms with Crippen LogP contribution in [0.1, 0.15) is 15.9 Å². The normalized spacial score (nSPS) is 15.3. The van der Waals surface area contributed by atoms with E-state index in [0.717, 1.165) is 15.7 Å². The van der Waals surface area contributed by atoms with Gasteiger partial charge < -0.3 is 10.0 Å². The summed E-state index contributed by atoms with van der Waals surface area (Å²) in [5, 5.41) is 9.03. The number of anilines is 1. The zero-order valence-electron chi connectivity index (χ0n) is 11.6. The van der Waals surface area contributed by atoms with E-state index in [1.54, 1.807) is 19.2 Å². The number of hydrogen-bond acceptors (Lipinski definition) is 3. The predicted octanol–water partition coefficient (Wildman–Crippen LogP) is 3.24. The fourth-order valence-corrected chi connectivity index (χ4v) is 2.68. The zero-order valence-corrected chi connectivity index (χ0v) is 13.2. The van der Waals surface area contributed by atoms with Crippen LogP contribution in [0.2, 0.25) is 0 Å². The van der Waals surface area contributed by atoms with Crippen molar-refractivity contribution in [3.63, 3.8) is 0 Å². The Hall–Kier alpha value is -2.47. The van der Waals surface area contributed by atoms with Gasteiger partial charge in [-0.1, -0.05) is 22.0 Å². The Labute approximate surface area is 135 Å². The number of aliphatic imine (C=N–C) groups is 1. The van der Waals surface area contributed by atoms with Gasteiger partial charge in [-0.05, 0) is 36.4 Å². The number of carbonyl (C=O) groups is 2. The highest BCUT2D eigenvalue weighted by atomic mass is 79.9. The lowest BCUT2D eigenvalue weighted by molar-refractivity contribution is -0.111. The molecule has 0 saturated heterocycles. The van der Waals surface area contributed by atoms with Gasteiger partial charge in [0.25, 0.3) is 5.91 Å². The summed E-state index contributed by atoms with van der Waals surface area (Å²) in [4.78, 5) is 29.3. The van der Waals surface area contributed by atoms with Gasteiger partial charge in [0.2, 0.25) is 0 Å². The minimum Gasteiger partial charge on any atom is -0.478 e. The molecule has 1 aliphatic rings. The van der Waals surface area contributed by atoms with Gasteiger partial charge >= 0.3 is 5.97 Å². The zero-order chi connectivity index (χ0) is 15.9. The molecular formula is C16H11BrN2O3. The number of carboxylic acids is 1. The summed E-state index contributed by atoms with van der Waals surface area (Å²) in [6.07, 6.45) is 0. The van der Waals surface area contributed by atoms with Crippen LogP contribution < -0.4 is 4.90 Å². The summed E-state index contributed by atoms with van der Waals surface area (Å²) < 4.78 is 0.848. The molecule has 0 aliphatic carbocycles. The second-order valence-corrected chi connectivity index (χ2v) is 5.76. The van der Waals surface area contributed by atoms with Gasteiger partial charge in [0.1, 0.15) is 5.71 Å². The summed E-state index contributed by atoms with van der Waals surface area (Å²) in [7, 11) is 1.69. The van der Waals surface area contributed by atoms with Crippen LogP contribution in [0.15, 0.2) is 51.9 Å². The molecule has 1 aliphatic heterocycles. The Bertz CT molecular complexity index is 830. The van der Waals surface area contributed by atoms with Gasteiger partial charge in [-0.2, -0.15) is 0 Å². The molecule has 0 aromatic heterocycles. The standard InChI is InChI=1S/C16H11BrN2O3/c1-19-13-6-5-10(17)8-12(13)14(15(19)20)18-11-4-2-3-9(7-11)16(21)22/h2-8H,1H3,(H,21,22). The fourth-order valence-electron chi connectivity index (χ4n) is 2.32. The molecule has 110 valence electrons. The summed E-state index contributed by atoms with van der Waals surface area (Å²) in [6.45, 7) is 0. The van der Waals surface area contributed by atoms with E-state index in [4.69, 9.17) is 5.11 Å². The summed E-state index contributed by atoms with van der Waals surface area (Å²) in [5.41, 5.74) is 2.38. The quantitative estimate of drug-likeness (QED) is 0.895. The largest absolute Gasteiger partial charge is 0.478 e. The molecule has 0 spiro atoms.